The van der Waals surface area contributed by atoms with Gasteiger partial charge < -0.3 is 5.73 Å². The van der Waals surface area contributed by atoms with Crippen molar-refractivity contribution in [2.24, 2.45) is 0 Å². The number of rotatable bonds is 9. The van der Waals surface area contributed by atoms with Crippen LogP contribution < -0.4 is 5.73 Å². The van der Waals surface area contributed by atoms with Crippen LogP contribution in [0.3, 0.4) is 0 Å². The molecule has 2 N–H and O–H groups in total. The van der Waals surface area contributed by atoms with E-state index in [1.54, 1.807) is 0 Å². The Labute approximate surface area is 154 Å². The fraction of sp³-hybridized carbons (Fsp3) is 0.500. The zero-order valence-corrected chi connectivity index (χ0v) is 16.5. The fourth-order valence-corrected chi connectivity index (χ4v) is 3.94. The van der Waals surface area contributed by atoms with Crippen molar-refractivity contribution in [3.05, 3.63) is 64.7 Å². The monoisotopic (exact) mass is 337 g/mol. The van der Waals surface area contributed by atoms with Crippen molar-refractivity contribution >= 4 is 5.69 Å². The van der Waals surface area contributed by atoms with Gasteiger partial charge in [0.15, 0.2) is 0 Å². The average Bonchev–Trinajstić information content (AvgIpc) is 2.61. The maximum atomic E-state index is 5.99. The molecule has 0 amide bonds. The minimum Gasteiger partial charge on any atom is -0.399 e. The molecule has 1 heteroatoms. The van der Waals surface area contributed by atoms with Crippen LogP contribution >= 0.6 is 0 Å². The lowest BCUT2D eigenvalue weighted by atomic mass is 9.87. The average molecular weight is 338 g/mol. The smallest absolute Gasteiger partial charge is 0.0316 e. The van der Waals surface area contributed by atoms with Crippen molar-refractivity contribution in [1.29, 1.82) is 0 Å². The van der Waals surface area contributed by atoms with Gasteiger partial charge in [-0.25, -0.2) is 0 Å². The van der Waals surface area contributed by atoms with Crippen LogP contribution in [0.4, 0.5) is 5.69 Å². The number of aryl methyl sites for hydroxylation is 1. The Morgan fingerprint density at radius 1 is 0.920 bits per heavy atom. The lowest BCUT2D eigenvalue weighted by molar-refractivity contribution is 0.595. The van der Waals surface area contributed by atoms with Gasteiger partial charge >= 0.3 is 0 Å². The molecule has 2 unspecified atom stereocenters. The molecule has 136 valence electrons. The SMILES string of the molecule is CCCc1cc(N)ccc1C(C)Cc1ccc(C(CC)CCC)cc1. The quantitative estimate of drug-likeness (QED) is 0.497. The lowest BCUT2D eigenvalue weighted by Crippen LogP contribution is -2.04. The van der Waals surface area contributed by atoms with Gasteiger partial charge in [0.2, 0.25) is 0 Å². The molecule has 0 heterocycles. The molecule has 0 radical (unpaired) electrons. The molecule has 0 saturated heterocycles. The molecule has 25 heavy (non-hydrogen) atoms. The number of nitrogen functional groups attached to an aromatic ring is 1. The van der Waals surface area contributed by atoms with Crippen molar-refractivity contribution in [3.8, 4) is 0 Å². The molecule has 0 bridgehead atoms. The van der Waals surface area contributed by atoms with Crippen LogP contribution in [0.1, 0.15) is 87.5 Å². The molecule has 0 fully saturated rings. The van der Waals surface area contributed by atoms with Gasteiger partial charge in [-0.2, -0.15) is 0 Å². The fourth-order valence-electron chi connectivity index (χ4n) is 3.94. The molecular weight excluding hydrogens is 302 g/mol. The number of benzene rings is 2. The van der Waals surface area contributed by atoms with Crippen LogP contribution in [0, 0.1) is 0 Å². The maximum absolute atomic E-state index is 5.99. The lowest BCUT2D eigenvalue weighted by Gasteiger charge is -2.18. The van der Waals surface area contributed by atoms with Gasteiger partial charge in [-0.15, -0.1) is 0 Å². The predicted octanol–water partition coefficient (Wildman–Crippen LogP) is 6.86. The van der Waals surface area contributed by atoms with E-state index in [1.165, 1.54) is 41.5 Å². The van der Waals surface area contributed by atoms with Crippen LogP contribution in [-0.4, -0.2) is 0 Å². The summed E-state index contributed by atoms with van der Waals surface area (Å²) in [4.78, 5) is 0. The van der Waals surface area contributed by atoms with Crippen LogP contribution in [0.25, 0.3) is 0 Å². The topological polar surface area (TPSA) is 26.0 Å². The number of hydrogen-bond donors (Lipinski definition) is 1. The van der Waals surface area contributed by atoms with E-state index in [2.05, 4.69) is 64.1 Å². The Balaban J connectivity index is 2.11. The number of anilines is 1. The van der Waals surface area contributed by atoms with Gasteiger partial charge in [0.25, 0.3) is 0 Å². The van der Waals surface area contributed by atoms with Gasteiger partial charge in [-0.1, -0.05) is 70.9 Å². The Morgan fingerprint density at radius 2 is 1.64 bits per heavy atom. The van der Waals surface area contributed by atoms with E-state index in [0.29, 0.717) is 11.8 Å². The van der Waals surface area contributed by atoms with E-state index in [-0.39, 0.29) is 0 Å². The van der Waals surface area contributed by atoms with Crippen molar-refractivity contribution < 1.29 is 0 Å². The van der Waals surface area contributed by atoms with Crippen LogP contribution in [-0.2, 0) is 12.8 Å². The first-order valence-corrected chi connectivity index (χ1v) is 10.1. The summed E-state index contributed by atoms with van der Waals surface area (Å²) in [7, 11) is 0. The maximum Gasteiger partial charge on any atom is 0.0316 e. The van der Waals surface area contributed by atoms with Crippen molar-refractivity contribution in [3.63, 3.8) is 0 Å². The zero-order valence-electron chi connectivity index (χ0n) is 16.5. The van der Waals surface area contributed by atoms with E-state index in [9.17, 15) is 0 Å². The molecule has 2 aromatic rings. The normalized spacial score (nSPS) is 13.6. The first-order chi connectivity index (χ1) is 12.1. The first kappa shape index (κ1) is 19.6. The van der Waals surface area contributed by atoms with Crippen LogP contribution in [0.5, 0.6) is 0 Å². The van der Waals surface area contributed by atoms with Gasteiger partial charge in [-0.05, 0) is 71.9 Å². The summed E-state index contributed by atoms with van der Waals surface area (Å²) >= 11 is 0. The second-order valence-electron chi connectivity index (χ2n) is 7.45. The minimum absolute atomic E-state index is 0.519. The molecule has 2 rings (SSSR count). The Morgan fingerprint density at radius 3 is 2.24 bits per heavy atom. The summed E-state index contributed by atoms with van der Waals surface area (Å²) in [6, 6.07) is 15.8. The second kappa shape index (κ2) is 9.65. The van der Waals surface area contributed by atoms with Gasteiger partial charge in [-0.3, -0.25) is 0 Å². The van der Waals surface area contributed by atoms with E-state index < -0.39 is 0 Å². The summed E-state index contributed by atoms with van der Waals surface area (Å²) in [6.07, 6.45) is 7.14. The van der Waals surface area contributed by atoms with Gasteiger partial charge in [0.1, 0.15) is 0 Å². The Bertz CT molecular complexity index is 642. The second-order valence-corrected chi connectivity index (χ2v) is 7.45. The highest BCUT2D eigenvalue weighted by Gasteiger charge is 2.13. The predicted molar refractivity (Wildman–Crippen MR) is 111 cm³/mol. The largest absolute Gasteiger partial charge is 0.399 e. The number of nitrogens with two attached hydrogens (primary N) is 1. The van der Waals surface area contributed by atoms with Crippen molar-refractivity contribution in [1.82, 2.24) is 0 Å². The molecule has 0 saturated carbocycles. The standard InChI is InChI=1S/C24H35N/c1-5-8-20(7-3)21-12-10-19(11-13-21)16-18(4)24-15-14-23(25)17-22(24)9-6-2/h10-15,17-18,20H,5-9,16,25H2,1-4H3. The van der Waals surface area contributed by atoms with Crippen molar-refractivity contribution in [2.45, 2.75) is 78.1 Å². The third-order valence-electron chi connectivity index (χ3n) is 5.34. The minimum atomic E-state index is 0.519. The van der Waals surface area contributed by atoms with Gasteiger partial charge in [0, 0.05) is 5.69 Å². The third kappa shape index (κ3) is 5.36. The number of hydrogen-bond acceptors (Lipinski definition) is 1. The van der Waals surface area contributed by atoms with Gasteiger partial charge in [0.05, 0.1) is 0 Å². The first-order valence-electron chi connectivity index (χ1n) is 10.1. The summed E-state index contributed by atoms with van der Waals surface area (Å²) < 4.78 is 0. The van der Waals surface area contributed by atoms with Crippen LogP contribution in [0.2, 0.25) is 0 Å². The molecule has 0 aliphatic heterocycles. The van der Waals surface area contributed by atoms with E-state index in [4.69, 9.17) is 5.73 Å². The van der Waals surface area contributed by atoms with E-state index >= 15 is 0 Å². The molecular formula is C24H35N. The molecule has 0 spiro atoms. The molecule has 0 aliphatic carbocycles. The van der Waals surface area contributed by atoms with E-state index in [1.807, 2.05) is 6.07 Å². The molecule has 0 aromatic heterocycles. The Hall–Kier alpha value is -1.76. The summed E-state index contributed by atoms with van der Waals surface area (Å²) in [5.74, 6) is 1.23. The van der Waals surface area contributed by atoms with E-state index in [0.717, 1.165) is 24.9 Å². The highest BCUT2D eigenvalue weighted by atomic mass is 14.5. The molecule has 2 atom stereocenters. The highest BCUT2D eigenvalue weighted by molar-refractivity contribution is 5.46. The molecule has 1 nitrogen and oxygen atoms in total. The third-order valence-corrected chi connectivity index (χ3v) is 5.34. The summed E-state index contributed by atoms with van der Waals surface area (Å²) in [5, 5.41) is 0. The summed E-state index contributed by atoms with van der Waals surface area (Å²) in [6.45, 7) is 9.15. The summed E-state index contributed by atoms with van der Waals surface area (Å²) in [5.41, 5.74) is 12.7. The van der Waals surface area contributed by atoms with Crippen LogP contribution in [0.15, 0.2) is 42.5 Å². The van der Waals surface area contributed by atoms with Crippen molar-refractivity contribution in [2.75, 3.05) is 5.73 Å². The zero-order chi connectivity index (χ0) is 18.2. The highest BCUT2D eigenvalue weighted by Crippen LogP contribution is 2.28. The Kier molecular flexibility index (Phi) is 7.55. The molecule has 2 aromatic carbocycles. The molecule has 0 aliphatic rings.